The lowest BCUT2D eigenvalue weighted by Crippen LogP contribution is -2.00. The van der Waals surface area contributed by atoms with Gasteiger partial charge in [0, 0.05) is 30.9 Å². The lowest BCUT2D eigenvalue weighted by molar-refractivity contribution is 0.289. The second kappa shape index (κ2) is 5.29. The van der Waals surface area contributed by atoms with E-state index in [1.54, 1.807) is 0 Å². The summed E-state index contributed by atoms with van der Waals surface area (Å²) in [5.41, 5.74) is 1.11. The second-order valence-corrected chi connectivity index (χ2v) is 4.54. The number of rotatable bonds is 5. The maximum Gasteiger partial charge on any atom is 0.0723 e. The maximum atomic E-state index is 8.70. The number of aromatic nitrogens is 2. The molecule has 0 aromatic carbocycles. The smallest absolute Gasteiger partial charge is 0.0723 e. The second-order valence-electron chi connectivity index (χ2n) is 3.11. The third kappa shape index (κ3) is 3.83. The molecule has 1 aromatic rings. The summed E-state index contributed by atoms with van der Waals surface area (Å²) >= 11 is 1.83. The molecule has 0 aliphatic rings. The van der Waals surface area contributed by atoms with Crippen molar-refractivity contribution in [1.82, 2.24) is 9.78 Å². The lowest BCUT2D eigenvalue weighted by atomic mass is 10.3. The topological polar surface area (TPSA) is 38.0 Å². The van der Waals surface area contributed by atoms with Crippen molar-refractivity contribution in [2.45, 2.75) is 24.3 Å². The minimum atomic E-state index is 0.274. The van der Waals surface area contributed by atoms with Gasteiger partial charge in [-0.15, -0.1) is 0 Å². The molecular weight excluding hydrogens is 184 g/mol. The van der Waals surface area contributed by atoms with Gasteiger partial charge < -0.3 is 5.11 Å². The van der Waals surface area contributed by atoms with Crippen LogP contribution in [0.3, 0.4) is 0 Å². The Hall–Kier alpha value is -0.480. The van der Waals surface area contributed by atoms with Crippen LogP contribution in [0.5, 0.6) is 0 Å². The van der Waals surface area contributed by atoms with Crippen LogP contribution in [0.25, 0.3) is 0 Å². The molecule has 0 bridgehead atoms. The number of aryl methyl sites for hydroxylation is 1. The first-order chi connectivity index (χ1) is 6.22. The minimum Gasteiger partial charge on any atom is -0.396 e. The van der Waals surface area contributed by atoms with Crippen molar-refractivity contribution < 1.29 is 5.11 Å². The average Bonchev–Trinajstić information content (AvgIpc) is 2.49. The Kier molecular flexibility index (Phi) is 4.32. The van der Waals surface area contributed by atoms with Crippen LogP contribution in [-0.2, 0) is 12.8 Å². The monoisotopic (exact) mass is 200 g/mol. The molecule has 0 aliphatic heterocycles. The van der Waals surface area contributed by atoms with Gasteiger partial charge in [0.05, 0.1) is 5.69 Å². The van der Waals surface area contributed by atoms with Crippen LogP contribution < -0.4 is 0 Å². The Morgan fingerprint density at radius 3 is 3.00 bits per heavy atom. The highest BCUT2D eigenvalue weighted by Crippen LogP contribution is 2.18. The Morgan fingerprint density at radius 1 is 1.69 bits per heavy atom. The predicted octanol–water partition coefficient (Wildman–Crippen LogP) is 1.42. The molecular formula is C9H16N2OS. The first-order valence-electron chi connectivity index (χ1n) is 4.43. The molecule has 0 aliphatic carbocycles. The number of nitrogens with zero attached hydrogens (tertiary/aromatic N) is 2. The van der Waals surface area contributed by atoms with Gasteiger partial charge in [-0.1, -0.05) is 6.92 Å². The number of thioether (sulfide) groups is 1. The van der Waals surface area contributed by atoms with Gasteiger partial charge in [0.1, 0.15) is 0 Å². The normalized spacial score (nSPS) is 13.2. The highest BCUT2D eigenvalue weighted by Gasteiger charge is 2.03. The van der Waals surface area contributed by atoms with Gasteiger partial charge in [-0.05, 0) is 12.5 Å². The molecule has 0 radical (unpaired) electrons. The highest BCUT2D eigenvalue weighted by atomic mass is 32.2. The fourth-order valence-electron chi connectivity index (χ4n) is 1.03. The molecule has 1 N–H and O–H groups in total. The van der Waals surface area contributed by atoms with Crippen LogP contribution in [0.4, 0.5) is 0 Å². The van der Waals surface area contributed by atoms with E-state index in [9.17, 15) is 0 Å². The van der Waals surface area contributed by atoms with Crippen molar-refractivity contribution >= 4 is 11.8 Å². The fraction of sp³-hybridized carbons (Fsp3) is 0.667. The summed E-state index contributed by atoms with van der Waals surface area (Å²) < 4.78 is 1.81. The number of hydrogen-bond acceptors (Lipinski definition) is 3. The van der Waals surface area contributed by atoms with E-state index in [-0.39, 0.29) is 6.61 Å². The zero-order valence-electron chi connectivity index (χ0n) is 8.10. The van der Waals surface area contributed by atoms with Crippen LogP contribution in [0.2, 0.25) is 0 Å². The summed E-state index contributed by atoms with van der Waals surface area (Å²) in [7, 11) is 1.92. The van der Waals surface area contributed by atoms with Crippen molar-refractivity contribution in [2.75, 3.05) is 6.61 Å². The molecule has 0 saturated heterocycles. The van der Waals surface area contributed by atoms with Crippen LogP contribution in [-0.4, -0.2) is 26.7 Å². The van der Waals surface area contributed by atoms with Crippen LogP contribution in [0, 0.1) is 0 Å². The van der Waals surface area contributed by atoms with E-state index in [4.69, 9.17) is 5.11 Å². The molecule has 74 valence electrons. The standard InChI is InChI=1S/C9H16N2OS/c1-8(4-6-12)13-7-9-3-5-11(2)10-9/h3,5,8,12H,4,6-7H2,1-2H3. The Balaban J connectivity index is 2.26. The predicted molar refractivity (Wildman–Crippen MR) is 55.7 cm³/mol. The molecule has 1 atom stereocenters. The molecule has 4 heteroatoms. The molecule has 3 nitrogen and oxygen atoms in total. The van der Waals surface area contributed by atoms with Gasteiger partial charge in [-0.25, -0.2) is 0 Å². The van der Waals surface area contributed by atoms with Gasteiger partial charge in [-0.3, -0.25) is 4.68 Å². The fourth-order valence-corrected chi connectivity index (χ4v) is 1.91. The summed E-state index contributed by atoms with van der Waals surface area (Å²) in [6.45, 7) is 2.40. The molecule has 0 fully saturated rings. The third-order valence-corrected chi connectivity index (χ3v) is 3.09. The molecule has 0 amide bonds. The minimum absolute atomic E-state index is 0.274. The molecule has 1 aromatic heterocycles. The number of hydrogen-bond donors (Lipinski definition) is 1. The zero-order valence-corrected chi connectivity index (χ0v) is 8.92. The van der Waals surface area contributed by atoms with Gasteiger partial charge in [0.2, 0.25) is 0 Å². The third-order valence-electron chi connectivity index (χ3n) is 1.82. The quantitative estimate of drug-likeness (QED) is 0.781. The summed E-state index contributed by atoms with van der Waals surface area (Å²) in [5, 5.41) is 13.5. The van der Waals surface area contributed by atoms with E-state index in [2.05, 4.69) is 12.0 Å². The molecule has 0 spiro atoms. The van der Waals surface area contributed by atoms with E-state index < -0.39 is 0 Å². The molecule has 1 rings (SSSR count). The van der Waals surface area contributed by atoms with E-state index in [0.717, 1.165) is 17.9 Å². The Morgan fingerprint density at radius 2 is 2.46 bits per heavy atom. The van der Waals surface area contributed by atoms with Gasteiger partial charge in [-0.2, -0.15) is 16.9 Å². The maximum absolute atomic E-state index is 8.70. The first-order valence-corrected chi connectivity index (χ1v) is 5.48. The number of aliphatic hydroxyl groups excluding tert-OH is 1. The largest absolute Gasteiger partial charge is 0.396 e. The van der Waals surface area contributed by atoms with E-state index >= 15 is 0 Å². The van der Waals surface area contributed by atoms with Crippen molar-refractivity contribution in [2.24, 2.45) is 7.05 Å². The van der Waals surface area contributed by atoms with Crippen molar-refractivity contribution in [3.63, 3.8) is 0 Å². The Labute approximate surface area is 83.1 Å². The van der Waals surface area contributed by atoms with Gasteiger partial charge in [0.25, 0.3) is 0 Å². The van der Waals surface area contributed by atoms with E-state index in [1.165, 1.54) is 0 Å². The lowest BCUT2D eigenvalue weighted by Gasteiger charge is -2.06. The molecule has 0 saturated carbocycles. The van der Waals surface area contributed by atoms with Crippen LogP contribution >= 0.6 is 11.8 Å². The van der Waals surface area contributed by atoms with E-state index in [0.29, 0.717) is 5.25 Å². The summed E-state index contributed by atoms with van der Waals surface area (Å²) in [4.78, 5) is 0. The first kappa shape index (κ1) is 10.6. The summed E-state index contributed by atoms with van der Waals surface area (Å²) in [6.07, 6.45) is 2.81. The van der Waals surface area contributed by atoms with Crippen molar-refractivity contribution in [3.05, 3.63) is 18.0 Å². The zero-order chi connectivity index (χ0) is 9.68. The van der Waals surface area contributed by atoms with Crippen molar-refractivity contribution in [1.29, 1.82) is 0 Å². The van der Waals surface area contributed by atoms with Gasteiger partial charge in [0.15, 0.2) is 0 Å². The highest BCUT2D eigenvalue weighted by molar-refractivity contribution is 7.99. The molecule has 1 unspecified atom stereocenters. The number of aliphatic hydroxyl groups is 1. The van der Waals surface area contributed by atoms with Crippen molar-refractivity contribution in [3.8, 4) is 0 Å². The molecule has 13 heavy (non-hydrogen) atoms. The molecule has 1 heterocycles. The van der Waals surface area contributed by atoms with Crippen LogP contribution in [0.15, 0.2) is 12.3 Å². The average molecular weight is 200 g/mol. The summed E-state index contributed by atoms with van der Waals surface area (Å²) in [5.74, 6) is 0.933. The summed E-state index contributed by atoms with van der Waals surface area (Å²) in [6, 6.07) is 2.03. The van der Waals surface area contributed by atoms with Gasteiger partial charge >= 0.3 is 0 Å². The van der Waals surface area contributed by atoms with E-state index in [1.807, 2.05) is 35.8 Å². The Bertz CT molecular complexity index is 250. The SMILES string of the molecule is CC(CCO)SCc1ccn(C)n1. The van der Waals surface area contributed by atoms with Crippen LogP contribution in [0.1, 0.15) is 19.0 Å².